The lowest BCUT2D eigenvalue weighted by Crippen LogP contribution is -2.47. The third kappa shape index (κ3) is 3.44. The lowest BCUT2D eigenvalue weighted by molar-refractivity contribution is -0.0547. The van der Waals surface area contributed by atoms with Crippen LogP contribution in [0.3, 0.4) is 0 Å². The molecule has 144 valence electrons. The van der Waals surface area contributed by atoms with Gasteiger partial charge in [0.2, 0.25) is 5.95 Å². The molecule has 5 rings (SSSR count). The van der Waals surface area contributed by atoms with E-state index in [2.05, 4.69) is 51.5 Å². The molecule has 0 bridgehead atoms. The Morgan fingerprint density at radius 2 is 2.00 bits per heavy atom. The molecule has 1 aromatic heterocycles. The second kappa shape index (κ2) is 7.22. The molecule has 2 aliphatic rings. The molecule has 0 spiro atoms. The van der Waals surface area contributed by atoms with Crippen LogP contribution in [0, 0.1) is 6.92 Å². The molecule has 2 aromatic carbocycles. The van der Waals surface area contributed by atoms with Gasteiger partial charge in [-0.1, -0.05) is 30.3 Å². The number of benzene rings is 2. The van der Waals surface area contributed by atoms with Crippen LogP contribution >= 0.6 is 0 Å². The standard InChI is InChI=1S/C22H23N5O.H2/c1-16-9-18(17-7-8-26(12-17)21-13-28-14-21)11-19(10-16)24-22-23-15-27(25-22)20-5-3-2-4-6-20;/h2-7,9-11,15,21H,8,12-14H2,1H3,(H,24,25);1H. The number of aromatic nitrogens is 3. The molecule has 6 heteroatoms. The maximum atomic E-state index is 5.34. The molecule has 3 heterocycles. The Morgan fingerprint density at radius 3 is 2.79 bits per heavy atom. The van der Waals surface area contributed by atoms with Gasteiger partial charge in [0.25, 0.3) is 0 Å². The summed E-state index contributed by atoms with van der Waals surface area (Å²) < 4.78 is 7.11. The van der Waals surface area contributed by atoms with E-state index in [0.29, 0.717) is 12.0 Å². The Hall–Kier alpha value is -2.96. The average molecular weight is 375 g/mol. The SMILES string of the molecule is Cc1cc(Nc2ncn(-c3ccccc3)n2)cc(C2=CCN(C3COC3)C2)c1.[HH]. The van der Waals surface area contributed by atoms with E-state index in [0.717, 1.165) is 37.7 Å². The van der Waals surface area contributed by atoms with Crippen molar-refractivity contribution in [2.45, 2.75) is 13.0 Å². The lowest BCUT2D eigenvalue weighted by atomic mass is 10.0. The number of hydrogen-bond donors (Lipinski definition) is 1. The minimum absolute atomic E-state index is 0. The molecule has 28 heavy (non-hydrogen) atoms. The highest BCUT2D eigenvalue weighted by Gasteiger charge is 2.28. The van der Waals surface area contributed by atoms with E-state index in [9.17, 15) is 0 Å². The summed E-state index contributed by atoms with van der Waals surface area (Å²) in [7, 11) is 0. The summed E-state index contributed by atoms with van der Waals surface area (Å²) in [4.78, 5) is 6.89. The van der Waals surface area contributed by atoms with Crippen LogP contribution in [0.5, 0.6) is 0 Å². The maximum Gasteiger partial charge on any atom is 0.246 e. The Labute approximate surface area is 165 Å². The van der Waals surface area contributed by atoms with Gasteiger partial charge in [-0.2, -0.15) is 4.98 Å². The molecule has 0 atom stereocenters. The van der Waals surface area contributed by atoms with Crippen LogP contribution in [0.1, 0.15) is 12.6 Å². The van der Waals surface area contributed by atoms with Gasteiger partial charge >= 0.3 is 0 Å². The van der Waals surface area contributed by atoms with Gasteiger partial charge in [0.05, 0.1) is 24.9 Å². The second-order valence-electron chi connectivity index (χ2n) is 7.41. The largest absolute Gasteiger partial charge is 0.378 e. The quantitative estimate of drug-likeness (QED) is 0.737. The summed E-state index contributed by atoms with van der Waals surface area (Å²) in [5.41, 5.74) is 5.85. The highest BCUT2D eigenvalue weighted by atomic mass is 16.5. The molecule has 0 unspecified atom stereocenters. The van der Waals surface area contributed by atoms with Gasteiger partial charge in [-0.25, -0.2) is 4.68 Å². The van der Waals surface area contributed by atoms with Gasteiger partial charge in [-0.15, -0.1) is 5.10 Å². The Bertz CT molecular complexity index is 1010. The first-order chi connectivity index (χ1) is 13.7. The summed E-state index contributed by atoms with van der Waals surface area (Å²) in [6, 6.07) is 17.1. The second-order valence-corrected chi connectivity index (χ2v) is 7.41. The van der Waals surface area contributed by atoms with Crippen molar-refractivity contribution in [3.05, 3.63) is 72.1 Å². The number of rotatable bonds is 5. The summed E-state index contributed by atoms with van der Waals surface area (Å²) in [6.07, 6.45) is 4.06. The topological polar surface area (TPSA) is 55.2 Å². The average Bonchev–Trinajstić information content (AvgIpc) is 3.31. The normalized spacial score (nSPS) is 17.4. The molecule has 0 radical (unpaired) electrons. The van der Waals surface area contributed by atoms with Crippen LogP contribution in [0.2, 0.25) is 0 Å². The minimum atomic E-state index is 0. The first kappa shape index (κ1) is 17.2. The van der Waals surface area contributed by atoms with Gasteiger partial charge in [0.1, 0.15) is 6.33 Å². The molecule has 3 aromatic rings. The number of para-hydroxylation sites is 1. The monoisotopic (exact) mass is 375 g/mol. The van der Waals surface area contributed by atoms with Crippen molar-refractivity contribution in [1.29, 1.82) is 0 Å². The number of anilines is 2. The van der Waals surface area contributed by atoms with Crippen LogP contribution in [0.4, 0.5) is 11.6 Å². The van der Waals surface area contributed by atoms with Gasteiger partial charge in [0.15, 0.2) is 0 Å². The van der Waals surface area contributed by atoms with Crippen LogP contribution < -0.4 is 5.32 Å². The Morgan fingerprint density at radius 1 is 1.14 bits per heavy atom. The van der Waals surface area contributed by atoms with Crippen molar-refractivity contribution in [3.63, 3.8) is 0 Å². The van der Waals surface area contributed by atoms with Crippen LogP contribution in [0.25, 0.3) is 11.3 Å². The summed E-state index contributed by atoms with van der Waals surface area (Å²) in [6.45, 7) is 5.83. The van der Waals surface area contributed by atoms with Crippen molar-refractivity contribution in [3.8, 4) is 5.69 Å². The summed E-state index contributed by atoms with van der Waals surface area (Å²) >= 11 is 0. The van der Waals surface area contributed by atoms with Crippen molar-refractivity contribution in [2.75, 3.05) is 31.6 Å². The van der Waals surface area contributed by atoms with Gasteiger partial charge in [-0.05, 0) is 47.9 Å². The van der Waals surface area contributed by atoms with E-state index in [4.69, 9.17) is 4.74 Å². The fraction of sp³-hybridized carbons (Fsp3) is 0.273. The smallest absolute Gasteiger partial charge is 0.246 e. The molecule has 2 aliphatic heterocycles. The molecule has 0 saturated carbocycles. The number of aryl methyl sites for hydroxylation is 1. The highest BCUT2D eigenvalue weighted by Crippen LogP contribution is 2.28. The van der Waals surface area contributed by atoms with Gasteiger partial charge < -0.3 is 10.1 Å². The molecule has 0 amide bonds. The predicted molar refractivity (Wildman–Crippen MR) is 112 cm³/mol. The first-order valence-corrected chi connectivity index (χ1v) is 9.61. The van der Waals surface area contributed by atoms with Gasteiger partial charge in [0, 0.05) is 20.2 Å². The molecule has 0 aliphatic carbocycles. The fourth-order valence-corrected chi connectivity index (χ4v) is 3.69. The zero-order chi connectivity index (χ0) is 18.9. The first-order valence-electron chi connectivity index (χ1n) is 9.61. The number of nitrogens with zero attached hydrogens (tertiary/aromatic N) is 4. The van der Waals surface area contributed by atoms with E-state index in [-0.39, 0.29) is 1.43 Å². The molecule has 6 nitrogen and oxygen atoms in total. The predicted octanol–water partition coefficient (Wildman–Crippen LogP) is 3.66. The van der Waals surface area contributed by atoms with Crippen molar-refractivity contribution in [2.24, 2.45) is 0 Å². The summed E-state index contributed by atoms with van der Waals surface area (Å²) in [5, 5.41) is 7.90. The third-order valence-corrected chi connectivity index (χ3v) is 5.30. The zero-order valence-electron chi connectivity index (χ0n) is 15.9. The maximum absolute atomic E-state index is 5.34. The van der Waals surface area contributed by atoms with E-state index < -0.39 is 0 Å². The highest BCUT2D eigenvalue weighted by molar-refractivity contribution is 5.73. The molecular formula is C22H25N5O. The zero-order valence-corrected chi connectivity index (χ0v) is 15.9. The minimum Gasteiger partial charge on any atom is -0.378 e. The van der Waals surface area contributed by atoms with Crippen LogP contribution in [0.15, 0.2) is 60.9 Å². The van der Waals surface area contributed by atoms with Crippen molar-refractivity contribution in [1.82, 2.24) is 19.7 Å². The summed E-state index contributed by atoms with van der Waals surface area (Å²) in [5.74, 6) is 0.592. The van der Waals surface area contributed by atoms with Crippen LogP contribution in [-0.4, -0.2) is 52.0 Å². The van der Waals surface area contributed by atoms with E-state index in [1.165, 1.54) is 16.7 Å². The Balaban J connectivity index is 0.00000205. The lowest BCUT2D eigenvalue weighted by Gasteiger charge is -2.34. The van der Waals surface area contributed by atoms with E-state index in [1.54, 1.807) is 11.0 Å². The number of nitrogens with one attached hydrogen (secondary N) is 1. The third-order valence-electron chi connectivity index (χ3n) is 5.30. The van der Waals surface area contributed by atoms with E-state index >= 15 is 0 Å². The van der Waals surface area contributed by atoms with Gasteiger partial charge in [-0.3, -0.25) is 4.90 Å². The number of hydrogen-bond acceptors (Lipinski definition) is 5. The van der Waals surface area contributed by atoms with Crippen molar-refractivity contribution < 1.29 is 6.16 Å². The molecule has 1 saturated heterocycles. The molecular weight excluding hydrogens is 350 g/mol. The number of ether oxygens (including phenoxy) is 1. The molecule has 1 fully saturated rings. The fourth-order valence-electron chi connectivity index (χ4n) is 3.69. The van der Waals surface area contributed by atoms with Crippen molar-refractivity contribution >= 4 is 17.2 Å². The van der Waals surface area contributed by atoms with Crippen LogP contribution in [-0.2, 0) is 4.74 Å². The Kier molecular flexibility index (Phi) is 4.43. The van der Waals surface area contributed by atoms with E-state index in [1.807, 2.05) is 30.3 Å². The molecule has 1 N–H and O–H groups in total.